The maximum absolute atomic E-state index is 12.7. The number of nitrogens with zero attached hydrogens (tertiary/aromatic N) is 5. The van der Waals surface area contributed by atoms with Crippen molar-refractivity contribution < 1.29 is 9.59 Å². The highest BCUT2D eigenvalue weighted by Gasteiger charge is 2.35. The average Bonchev–Trinajstić information content (AvgIpc) is 3.15. The number of hydrogen-bond acceptors (Lipinski definition) is 6. The highest BCUT2D eigenvalue weighted by atomic mass is 16.2. The predicted octanol–water partition coefficient (Wildman–Crippen LogP) is 2.45. The molecule has 0 aliphatic carbocycles. The van der Waals surface area contributed by atoms with Crippen LogP contribution in [0.3, 0.4) is 0 Å². The second-order valence-corrected chi connectivity index (χ2v) is 7.76. The molecule has 0 aromatic carbocycles. The molecule has 152 valence electrons. The Bertz CT molecular complexity index is 969. The molecule has 0 spiro atoms. The third-order valence-electron chi connectivity index (χ3n) is 5.28. The van der Waals surface area contributed by atoms with Crippen molar-refractivity contribution in [3.8, 4) is 6.07 Å². The Hall–Kier alpha value is -3.21. The molecule has 2 atom stereocenters. The summed E-state index contributed by atoms with van der Waals surface area (Å²) in [5.41, 5.74) is 1.64. The summed E-state index contributed by atoms with van der Waals surface area (Å²) in [6.07, 6.45) is 5.59. The normalized spacial score (nSPS) is 18.9. The molecule has 1 fully saturated rings. The fourth-order valence-electron chi connectivity index (χ4n) is 3.83. The number of nitrogens with one attached hydrogen (secondary N) is 1. The quantitative estimate of drug-likeness (QED) is 0.755. The minimum absolute atomic E-state index is 0.0139. The molecule has 2 aromatic rings. The van der Waals surface area contributed by atoms with Crippen LogP contribution < -0.4 is 4.90 Å². The van der Waals surface area contributed by atoms with Crippen LogP contribution in [-0.2, 0) is 9.59 Å². The first-order chi connectivity index (χ1) is 13.9. The van der Waals surface area contributed by atoms with Gasteiger partial charge in [0.15, 0.2) is 5.78 Å². The molecule has 1 aliphatic rings. The lowest BCUT2D eigenvalue weighted by Gasteiger charge is -2.43. The maximum Gasteiger partial charge on any atom is 0.236 e. The van der Waals surface area contributed by atoms with Gasteiger partial charge in [-0.2, -0.15) is 5.26 Å². The average molecular weight is 394 g/mol. The van der Waals surface area contributed by atoms with Crippen LogP contribution in [0.1, 0.15) is 33.6 Å². The summed E-state index contributed by atoms with van der Waals surface area (Å²) in [5, 5.41) is 9.73. The first kappa shape index (κ1) is 20.5. The zero-order valence-corrected chi connectivity index (χ0v) is 17.1. The topological polar surface area (TPSA) is 106 Å². The van der Waals surface area contributed by atoms with Crippen LogP contribution in [0.2, 0.25) is 0 Å². The van der Waals surface area contributed by atoms with E-state index in [0.717, 1.165) is 17.4 Å². The minimum atomic E-state index is -0.172. The number of carbonyl (C=O) groups excluding carboxylic acids is 2. The fourth-order valence-corrected chi connectivity index (χ4v) is 3.83. The molecule has 3 heterocycles. The standard InChI is InChI=1S/C21H26N6O2/c1-14(2)10-16(28)11-27(21-17-5-8-23-20(17)24-13-25-21)18-12-26(9-6-15(18)3)19(29)4-7-22/h5,8,10,13,15,18H,4,6,9,11-12H2,1-3H3,(H,23,24,25). The number of anilines is 1. The van der Waals surface area contributed by atoms with E-state index in [1.165, 1.54) is 6.33 Å². The van der Waals surface area contributed by atoms with Gasteiger partial charge in [-0.15, -0.1) is 0 Å². The van der Waals surface area contributed by atoms with Gasteiger partial charge in [0.05, 0.1) is 24.0 Å². The van der Waals surface area contributed by atoms with Crippen molar-refractivity contribution in [3.63, 3.8) is 0 Å². The molecule has 1 aliphatic heterocycles. The number of rotatable bonds is 6. The van der Waals surface area contributed by atoms with Gasteiger partial charge in [-0.05, 0) is 38.3 Å². The summed E-state index contributed by atoms with van der Waals surface area (Å²) < 4.78 is 0. The van der Waals surface area contributed by atoms with Gasteiger partial charge in [-0.1, -0.05) is 12.5 Å². The van der Waals surface area contributed by atoms with Crippen molar-refractivity contribution in [2.24, 2.45) is 5.92 Å². The highest BCUT2D eigenvalue weighted by molar-refractivity contribution is 5.96. The predicted molar refractivity (Wildman–Crippen MR) is 110 cm³/mol. The number of aromatic nitrogens is 3. The molecule has 0 bridgehead atoms. The number of nitriles is 1. The van der Waals surface area contributed by atoms with E-state index in [1.807, 2.05) is 30.9 Å². The van der Waals surface area contributed by atoms with Crippen molar-refractivity contribution in [1.29, 1.82) is 5.26 Å². The Balaban J connectivity index is 1.98. The molecule has 1 amide bonds. The van der Waals surface area contributed by atoms with E-state index in [2.05, 4.69) is 21.9 Å². The summed E-state index contributed by atoms with van der Waals surface area (Å²) in [5.74, 6) is 0.747. The van der Waals surface area contributed by atoms with E-state index in [1.54, 1.807) is 17.2 Å². The zero-order chi connectivity index (χ0) is 21.0. The summed E-state index contributed by atoms with van der Waals surface area (Å²) in [6, 6.07) is 3.74. The van der Waals surface area contributed by atoms with Gasteiger partial charge in [0, 0.05) is 19.3 Å². The van der Waals surface area contributed by atoms with Gasteiger partial charge in [0.1, 0.15) is 24.2 Å². The van der Waals surface area contributed by atoms with Gasteiger partial charge in [-0.3, -0.25) is 9.59 Å². The third-order valence-corrected chi connectivity index (χ3v) is 5.28. The van der Waals surface area contributed by atoms with Gasteiger partial charge in [0.25, 0.3) is 0 Å². The monoisotopic (exact) mass is 394 g/mol. The van der Waals surface area contributed by atoms with Crippen LogP contribution in [0.4, 0.5) is 5.82 Å². The van der Waals surface area contributed by atoms with Crippen molar-refractivity contribution in [2.75, 3.05) is 24.5 Å². The lowest BCUT2D eigenvalue weighted by Crippen LogP contribution is -2.55. The van der Waals surface area contributed by atoms with Crippen LogP contribution in [0, 0.1) is 17.2 Å². The molecular formula is C21H26N6O2. The van der Waals surface area contributed by atoms with Crippen LogP contribution in [0.15, 0.2) is 30.2 Å². The first-order valence-electron chi connectivity index (χ1n) is 9.78. The Morgan fingerprint density at radius 3 is 2.93 bits per heavy atom. The van der Waals surface area contributed by atoms with E-state index < -0.39 is 0 Å². The Kier molecular flexibility index (Phi) is 6.27. The summed E-state index contributed by atoms with van der Waals surface area (Å²) >= 11 is 0. The largest absolute Gasteiger partial charge is 0.346 e. The first-order valence-corrected chi connectivity index (χ1v) is 9.78. The van der Waals surface area contributed by atoms with Crippen molar-refractivity contribution in [3.05, 3.63) is 30.2 Å². The third kappa shape index (κ3) is 4.62. The second-order valence-electron chi connectivity index (χ2n) is 7.76. The lowest BCUT2D eigenvalue weighted by atomic mass is 9.91. The summed E-state index contributed by atoms with van der Waals surface area (Å²) in [4.78, 5) is 40.6. The SMILES string of the molecule is CC(C)=CC(=O)CN(c1ncnc2[nH]ccc12)C1CN(C(=O)CC#N)CCC1C. The maximum atomic E-state index is 12.7. The number of allylic oxidation sites excluding steroid dienone is 1. The number of amides is 1. The number of hydrogen-bond donors (Lipinski definition) is 1. The van der Waals surface area contributed by atoms with E-state index >= 15 is 0 Å². The van der Waals surface area contributed by atoms with Crippen LogP contribution in [-0.4, -0.2) is 57.2 Å². The number of aromatic amines is 1. The van der Waals surface area contributed by atoms with Crippen molar-refractivity contribution >= 4 is 28.5 Å². The molecule has 3 rings (SSSR count). The number of fused-ring (bicyclic) bond motifs is 1. The number of likely N-dealkylation sites (tertiary alicyclic amines) is 1. The Morgan fingerprint density at radius 1 is 1.41 bits per heavy atom. The molecular weight excluding hydrogens is 368 g/mol. The molecule has 1 N–H and O–H groups in total. The van der Waals surface area contributed by atoms with E-state index in [9.17, 15) is 9.59 Å². The van der Waals surface area contributed by atoms with E-state index in [4.69, 9.17) is 5.26 Å². The van der Waals surface area contributed by atoms with Crippen LogP contribution in [0.25, 0.3) is 11.0 Å². The molecule has 8 nitrogen and oxygen atoms in total. The second kappa shape index (κ2) is 8.86. The lowest BCUT2D eigenvalue weighted by molar-refractivity contribution is -0.131. The van der Waals surface area contributed by atoms with Gasteiger partial charge in [0.2, 0.25) is 5.91 Å². The van der Waals surface area contributed by atoms with E-state index in [-0.39, 0.29) is 36.6 Å². The number of piperidine rings is 1. The Morgan fingerprint density at radius 2 is 2.21 bits per heavy atom. The van der Waals surface area contributed by atoms with E-state index in [0.29, 0.717) is 24.6 Å². The number of H-pyrrole nitrogens is 1. The summed E-state index contributed by atoms with van der Waals surface area (Å²) in [7, 11) is 0. The van der Waals surface area contributed by atoms with Gasteiger partial charge < -0.3 is 14.8 Å². The molecule has 0 radical (unpaired) electrons. The summed E-state index contributed by atoms with van der Waals surface area (Å²) in [6.45, 7) is 7.16. The molecule has 2 unspecified atom stereocenters. The number of carbonyl (C=O) groups is 2. The van der Waals surface area contributed by atoms with Crippen molar-refractivity contribution in [2.45, 2.75) is 39.7 Å². The van der Waals surface area contributed by atoms with Crippen LogP contribution >= 0.6 is 0 Å². The molecule has 29 heavy (non-hydrogen) atoms. The number of ketones is 1. The smallest absolute Gasteiger partial charge is 0.236 e. The Labute approximate surface area is 170 Å². The highest BCUT2D eigenvalue weighted by Crippen LogP contribution is 2.30. The molecule has 8 heteroatoms. The van der Waals surface area contributed by atoms with Crippen LogP contribution in [0.5, 0.6) is 0 Å². The minimum Gasteiger partial charge on any atom is -0.346 e. The molecule has 1 saturated heterocycles. The zero-order valence-electron chi connectivity index (χ0n) is 17.1. The molecule has 0 saturated carbocycles. The molecule has 2 aromatic heterocycles. The van der Waals surface area contributed by atoms with Gasteiger partial charge >= 0.3 is 0 Å². The fraction of sp³-hybridized carbons (Fsp3) is 0.476. The van der Waals surface area contributed by atoms with Gasteiger partial charge in [-0.25, -0.2) is 9.97 Å². The van der Waals surface area contributed by atoms with Crippen molar-refractivity contribution in [1.82, 2.24) is 19.9 Å².